The van der Waals surface area contributed by atoms with Gasteiger partial charge in [-0.05, 0) is 36.2 Å². The third kappa shape index (κ3) is 4.16. The van der Waals surface area contributed by atoms with E-state index in [2.05, 4.69) is 15.5 Å². The first kappa shape index (κ1) is 17.0. The van der Waals surface area contributed by atoms with E-state index in [0.29, 0.717) is 23.6 Å². The maximum absolute atomic E-state index is 12.1. The number of nitrogens with zero attached hydrogens (tertiary/aromatic N) is 2. The predicted molar refractivity (Wildman–Crippen MR) is 93.8 cm³/mol. The van der Waals surface area contributed by atoms with Crippen LogP contribution < -0.4 is 10.1 Å². The van der Waals surface area contributed by atoms with E-state index in [0.717, 1.165) is 11.3 Å². The average Bonchev–Trinajstić information content (AvgIpc) is 3.12. The molecule has 3 rings (SSSR count). The number of amides is 1. The van der Waals surface area contributed by atoms with Gasteiger partial charge in [-0.15, -0.1) is 10.2 Å². The molecule has 1 amide bonds. The molecule has 0 aliphatic carbocycles. The van der Waals surface area contributed by atoms with Gasteiger partial charge in [0.2, 0.25) is 5.89 Å². The van der Waals surface area contributed by atoms with Crippen molar-refractivity contribution in [1.82, 2.24) is 15.5 Å². The average molecular weight is 358 g/mol. The second kappa shape index (κ2) is 7.81. The summed E-state index contributed by atoms with van der Waals surface area (Å²) >= 11 is 6.09. The van der Waals surface area contributed by atoms with Crippen LogP contribution in [0.1, 0.15) is 16.2 Å². The fourth-order valence-corrected chi connectivity index (χ4v) is 2.50. The van der Waals surface area contributed by atoms with Crippen molar-refractivity contribution in [1.29, 1.82) is 0 Å². The van der Waals surface area contributed by atoms with Gasteiger partial charge in [0.1, 0.15) is 5.75 Å². The Morgan fingerprint density at radius 3 is 2.84 bits per heavy atom. The molecule has 1 N–H and O–H groups in total. The van der Waals surface area contributed by atoms with Crippen molar-refractivity contribution >= 4 is 17.5 Å². The number of halogens is 1. The highest BCUT2D eigenvalue weighted by atomic mass is 35.5. The zero-order valence-corrected chi connectivity index (χ0v) is 14.3. The summed E-state index contributed by atoms with van der Waals surface area (Å²) in [6, 6.07) is 14.7. The van der Waals surface area contributed by atoms with Gasteiger partial charge in [0.15, 0.2) is 0 Å². The van der Waals surface area contributed by atoms with Crippen LogP contribution in [0.3, 0.4) is 0 Å². The molecule has 0 fully saturated rings. The summed E-state index contributed by atoms with van der Waals surface area (Å²) in [5.41, 5.74) is 1.65. The highest BCUT2D eigenvalue weighted by Gasteiger charge is 2.16. The summed E-state index contributed by atoms with van der Waals surface area (Å²) in [6.07, 6.45) is 0.661. The minimum atomic E-state index is -0.423. The number of nitrogens with one attached hydrogen (secondary N) is 1. The van der Waals surface area contributed by atoms with E-state index in [9.17, 15) is 4.79 Å². The number of carbonyl (C=O) groups is 1. The minimum absolute atomic E-state index is 0.0967. The number of carbonyl (C=O) groups excluding carboxylic acids is 1. The van der Waals surface area contributed by atoms with Crippen LogP contribution in [0, 0.1) is 0 Å². The van der Waals surface area contributed by atoms with Crippen molar-refractivity contribution in [3.8, 4) is 17.2 Å². The number of methoxy groups -OCH3 is 1. The second-order valence-corrected chi connectivity index (χ2v) is 5.66. The monoisotopic (exact) mass is 357 g/mol. The molecule has 0 spiro atoms. The molecular formula is C18H16ClN3O3. The number of hydrogen-bond donors (Lipinski definition) is 1. The zero-order chi connectivity index (χ0) is 17.6. The van der Waals surface area contributed by atoms with Gasteiger partial charge in [0.25, 0.3) is 0 Å². The molecule has 3 aromatic rings. The van der Waals surface area contributed by atoms with Crippen molar-refractivity contribution in [3.05, 3.63) is 65.0 Å². The Morgan fingerprint density at radius 2 is 2.04 bits per heavy atom. The molecule has 2 aromatic carbocycles. The molecule has 7 heteroatoms. The minimum Gasteiger partial charge on any atom is -0.497 e. The summed E-state index contributed by atoms with van der Waals surface area (Å²) in [5.74, 6) is 0.475. The molecule has 0 aliphatic rings. The standard InChI is InChI=1S/C18H16ClN3O3/c1-24-13-6-4-5-12(11-13)9-10-20-16(23)18-22-21-17(25-18)14-7-2-3-8-15(14)19/h2-8,11H,9-10H2,1H3,(H,20,23). The van der Waals surface area contributed by atoms with E-state index >= 15 is 0 Å². The van der Waals surface area contributed by atoms with E-state index < -0.39 is 5.91 Å². The highest BCUT2D eigenvalue weighted by molar-refractivity contribution is 6.33. The van der Waals surface area contributed by atoms with E-state index in [-0.39, 0.29) is 11.8 Å². The smallest absolute Gasteiger partial charge is 0.308 e. The van der Waals surface area contributed by atoms with Gasteiger partial charge < -0.3 is 14.5 Å². The van der Waals surface area contributed by atoms with E-state index in [1.165, 1.54) is 0 Å². The molecule has 0 saturated heterocycles. The predicted octanol–water partition coefficient (Wildman–Crippen LogP) is 3.37. The molecule has 0 atom stereocenters. The topological polar surface area (TPSA) is 77.2 Å². The third-order valence-corrected chi connectivity index (χ3v) is 3.89. The van der Waals surface area contributed by atoms with Gasteiger partial charge >= 0.3 is 11.8 Å². The number of hydrogen-bond acceptors (Lipinski definition) is 5. The Kier molecular flexibility index (Phi) is 5.30. The largest absolute Gasteiger partial charge is 0.497 e. The van der Waals surface area contributed by atoms with Crippen LogP contribution in [0.25, 0.3) is 11.5 Å². The van der Waals surface area contributed by atoms with Crippen LogP contribution in [0.5, 0.6) is 5.75 Å². The van der Waals surface area contributed by atoms with Gasteiger partial charge in [0.05, 0.1) is 17.7 Å². The van der Waals surface area contributed by atoms with Crippen molar-refractivity contribution in [2.75, 3.05) is 13.7 Å². The summed E-state index contributed by atoms with van der Waals surface area (Å²) in [5, 5.41) is 10.9. The quantitative estimate of drug-likeness (QED) is 0.731. The van der Waals surface area contributed by atoms with Crippen LogP contribution in [-0.4, -0.2) is 29.8 Å². The summed E-state index contributed by atoms with van der Waals surface area (Å²) in [7, 11) is 1.62. The van der Waals surface area contributed by atoms with Crippen LogP contribution >= 0.6 is 11.6 Å². The maximum atomic E-state index is 12.1. The Hall–Kier alpha value is -2.86. The zero-order valence-electron chi connectivity index (χ0n) is 13.5. The number of aromatic nitrogens is 2. The van der Waals surface area contributed by atoms with Crippen molar-refractivity contribution in [3.63, 3.8) is 0 Å². The fraction of sp³-hybridized carbons (Fsp3) is 0.167. The molecule has 0 unspecified atom stereocenters. The second-order valence-electron chi connectivity index (χ2n) is 5.25. The van der Waals surface area contributed by atoms with Gasteiger partial charge in [0, 0.05) is 6.54 Å². The lowest BCUT2D eigenvalue weighted by Gasteiger charge is -2.05. The lowest BCUT2D eigenvalue weighted by atomic mass is 10.1. The SMILES string of the molecule is COc1cccc(CCNC(=O)c2nnc(-c3ccccc3Cl)o2)c1. The molecule has 0 saturated carbocycles. The molecule has 0 radical (unpaired) electrons. The lowest BCUT2D eigenvalue weighted by molar-refractivity contribution is 0.0920. The molecule has 1 aromatic heterocycles. The Balaban J connectivity index is 1.60. The lowest BCUT2D eigenvalue weighted by Crippen LogP contribution is -2.26. The molecule has 0 aliphatic heterocycles. The molecule has 6 nitrogen and oxygen atoms in total. The molecular weight excluding hydrogens is 342 g/mol. The Labute approximate surface area is 149 Å². The highest BCUT2D eigenvalue weighted by Crippen LogP contribution is 2.26. The van der Waals surface area contributed by atoms with Gasteiger partial charge in [-0.25, -0.2) is 0 Å². The molecule has 25 heavy (non-hydrogen) atoms. The Bertz CT molecular complexity index is 879. The Morgan fingerprint density at radius 1 is 1.20 bits per heavy atom. The van der Waals surface area contributed by atoms with Crippen LogP contribution in [-0.2, 0) is 6.42 Å². The maximum Gasteiger partial charge on any atom is 0.308 e. The van der Waals surface area contributed by atoms with Crippen molar-refractivity contribution in [2.45, 2.75) is 6.42 Å². The van der Waals surface area contributed by atoms with E-state index in [4.69, 9.17) is 20.8 Å². The van der Waals surface area contributed by atoms with Crippen LogP contribution in [0.2, 0.25) is 5.02 Å². The first-order valence-electron chi connectivity index (χ1n) is 7.67. The van der Waals surface area contributed by atoms with Gasteiger partial charge in [-0.3, -0.25) is 4.79 Å². The van der Waals surface area contributed by atoms with E-state index in [1.54, 1.807) is 31.4 Å². The number of rotatable bonds is 6. The van der Waals surface area contributed by atoms with Crippen LogP contribution in [0.4, 0.5) is 0 Å². The summed E-state index contributed by atoms with van der Waals surface area (Å²) in [4.78, 5) is 12.1. The normalized spacial score (nSPS) is 10.5. The molecule has 1 heterocycles. The van der Waals surface area contributed by atoms with E-state index in [1.807, 2.05) is 24.3 Å². The van der Waals surface area contributed by atoms with Crippen molar-refractivity contribution < 1.29 is 13.9 Å². The fourth-order valence-electron chi connectivity index (χ4n) is 2.28. The van der Waals surface area contributed by atoms with Gasteiger partial charge in [-0.1, -0.05) is 35.9 Å². The number of benzene rings is 2. The first-order chi connectivity index (χ1) is 12.2. The molecule has 0 bridgehead atoms. The summed E-state index contributed by atoms with van der Waals surface area (Å²) in [6.45, 7) is 0.440. The molecule has 128 valence electrons. The van der Waals surface area contributed by atoms with Gasteiger partial charge in [-0.2, -0.15) is 0 Å². The number of ether oxygens (including phenoxy) is 1. The summed E-state index contributed by atoms with van der Waals surface area (Å²) < 4.78 is 10.6. The van der Waals surface area contributed by atoms with Crippen molar-refractivity contribution in [2.24, 2.45) is 0 Å². The third-order valence-electron chi connectivity index (χ3n) is 3.56. The van der Waals surface area contributed by atoms with Crippen LogP contribution in [0.15, 0.2) is 52.9 Å². The first-order valence-corrected chi connectivity index (χ1v) is 8.04.